The first-order valence-electron chi connectivity index (χ1n) is 8.31. The molecule has 0 aliphatic heterocycles. The van der Waals surface area contributed by atoms with E-state index in [1.807, 2.05) is 48.5 Å². The van der Waals surface area contributed by atoms with Crippen molar-refractivity contribution in [2.75, 3.05) is 20.8 Å². The number of methoxy groups -OCH3 is 2. The van der Waals surface area contributed by atoms with Gasteiger partial charge in [-0.05, 0) is 52.7 Å². The van der Waals surface area contributed by atoms with Crippen molar-refractivity contribution < 1.29 is 18.7 Å². The molecule has 3 rings (SSSR count). The third kappa shape index (κ3) is 4.12. The number of nitrogens with zero attached hydrogens (tertiary/aromatic N) is 1. The van der Waals surface area contributed by atoms with Gasteiger partial charge in [0.05, 0.1) is 20.8 Å². The van der Waals surface area contributed by atoms with E-state index in [0.717, 1.165) is 30.2 Å². The lowest BCUT2D eigenvalue weighted by Gasteiger charge is -2.04. The van der Waals surface area contributed by atoms with E-state index in [2.05, 4.69) is 10.6 Å². The zero-order valence-electron chi connectivity index (χ0n) is 14.8. The summed E-state index contributed by atoms with van der Waals surface area (Å²) in [6, 6.07) is 15.3. The minimum absolute atomic E-state index is 0.391. The van der Waals surface area contributed by atoms with Crippen LogP contribution < -0.4 is 25.1 Å². The van der Waals surface area contributed by atoms with E-state index in [4.69, 9.17) is 14.0 Å². The van der Waals surface area contributed by atoms with Crippen LogP contribution in [0.15, 0.2) is 57.8 Å². The van der Waals surface area contributed by atoms with Gasteiger partial charge < -0.3 is 14.8 Å². The molecule has 7 nitrogen and oxygen atoms in total. The lowest BCUT2D eigenvalue weighted by Crippen LogP contribution is -2.41. The minimum atomic E-state index is -0.391. The van der Waals surface area contributed by atoms with Gasteiger partial charge in [0.1, 0.15) is 11.5 Å². The molecule has 1 heterocycles. The number of hydrogen-bond donors (Lipinski definition) is 2. The fraction of sp³-hybridized carbons (Fsp3) is 0.263. The fourth-order valence-corrected chi connectivity index (χ4v) is 2.62. The maximum Gasteiger partial charge on any atom is 0.431 e. The first-order chi connectivity index (χ1) is 12.7. The number of nitrogens with one attached hydrogen (secondary N) is 2. The van der Waals surface area contributed by atoms with Crippen LogP contribution in [0.25, 0.3) is 5.69 Å². The standard InChI is InChI=1S/C19H21N3O4/c1-24-16-7-3-14(4-8-16)11-12-20-13-18-19(23)26-21-22(18)15-5-9-17(25-2)10-6-15/h3-10,20H,11-13H2,1-2H3/p+1. The molecule has 0 amide bonds. The average Bonchev–Trinajstić information content (AvgIpc) is 3.06. The second-order valence-corrected chi connectivity index (χ2v) is 5.74. The Morgan fingerprint density at radius 2 is 1.62 bits per heavy atom. The minimum Gasteiger partial charge on any atom is -0.497 e. The van der Waals surface area contributed by atoms with Gasteiger partial charge in [0.15, 0.2) is 0 Å². The van der Waals surface area contributed by atoms with Crippen molar-refractivity contribution in [2.45, 2.75) is 13.0 Å². The fourth-order valence-electron chi connectivity index (χ4n) is 2.62. The number of rotatable bonds is 8. The number of aromatic nitrogens is 2. The Morgan fingerprint density at radius 1 is 1.00 bits per heavy atom. The van der Waals surface area contributed by atoms with Crippen molar-refractivity contribution >= 4 is 0 Å². The maximum absolute atomic E-state index is 12.0. The van der Waals surface area contributed by atoms with E-state index in [0.29, 0.717) is 12.2 Å². The predicted octanol–water partition coefficient (Wildman–Crippen LogP) is 1.59. The molecule has 0 aliphatic rings. The van der Waals surface area contributed by atoms with Gasteiger partial charge in [-0.25, -0.2) is 4.79 Å². The van der Waals surface area contributed by atoms with Crippen LogP contribution in [-0.4, -0.2) is 26.0 Å². The highest BCUT2D eigenvalue weighted by molar-refractivity contribution is 5.31. The zero-order chi connectivity index (χ0) is 18.4. The molecular formula is C19H22N3O4+. The number of H-pyrrole nitrogens is 1. The average molecular weight is 356 g/mol. The van der Waals surface area contributed by atoms with E-state index in [1.165, 1.54) is 5.56 Å². The Bertz CT molecular complexity index is 882. The Hall–Kier alpha value is -3.06. The molecule has 1 aromatic heterocycles. The summed E-state index contributed by atoms with van der Waals surface area (Å²) in [5, 5.41) is 5.92. The van der Waals surface area contributed by atoms with Crippen molar-refractivity contribution in [1.29, 1.82) is 0 Å². The van der Waals surface area contributed by atoms with Crippen molar-refractivity contribution in [3.8, 4) is 17.2 Å². The molecule has 26 heavy (non-hydrogen) atoms. The molecule has 0 unspecified atom stereocenters. The molecule has 7 heteroatoms. The SMILES string of the molecule is COc1ccc(CCNCc2c(=O)o[nH][n+]2-c2ccc(OC)cc2)cc1. The van der Waals surface area contributed by atoms with Gasteiger partial charge >= 0.3 is 11.3 Å². The highest BCUT2D eigenvalue weighted by Gasteiger charge is 2.22. The number of benzene rings is 2. The maximum atomic E-state index is 12.0. The second-order valence-electron chi connectivity index (χ2n) is 5.74. The number of hydrogen-bond acceptors (Lipinski definition) is 5. The van der Waals surface area contributed by atoms with Gasteiger partial charge in [-0.1, -0.05) is 12.1 Å². The zero-order valence-corrected chi connectivity index (χ0v) is 14.8. The summed E-state index contributed by atoms with van der Waals surface area (Å²) in [7, 11) is 3.26. The molecule has 0 radical (unpaired) electrons. The van der Waals surface area contributed by atoms with Crippen molar-refractivity contribution in [3.63, 3.8) is 0 Å². The van der Waals surface area contributed by atoms with E-state index in [1.54, 1.807) is 18.9 Å². The molecule has 0 bridgehead atoms. The summed E-state index contributed by atoms with van der Waals surface area (Å²) >= 11 is 0. The summed E-state index contributed by atoms with van der Waals surface area (Å²) in [6.07, 6.45) is 0.849. The predicted molar refractivity (Wildman–Crippen MR) is 95.8 cm³/mol. The number of aromatic amines is 1. The molecule has 2 N–H and O–H groups in total. The number of ether oxygens (including phenoxy) is 2. The Labute approximate surface area is 151 Å². The van der Waals surface area contributed by atoms with Crippen LogP contribution in [0.3, 0.4) is 0 Å². The first kappa shape index (κ1) is 17.8. The topological polar surface area (TPSA) is 80.4 Å². The molecule has 136 valence electrons. The van der Waals surface area contributed by atoms with Crippen LogP contribution in [0.1, 0.15) is 11.3 Å². The third-order valence-electron chi connectivity index (χ3n) is 4.11. The van der Waals surface area contributed by atoms with Crippen LogP contribution in [0.2, 0.25) is 0 Å². The van der Waals surface area contributed by atoms with E-state index in [-0.39, 0.29) is 0 Å². The smallest absolute Gasteiger partial charge is 0.431 e. The molecule has 0 atom stereocenters. The lowest BCUT2D eigenvalue weighted by atomic mass is 10.1. The van der Waals surface area contributed by atoms with Gasteiger partial charge in [0.25, 0.3) is 0 Å². The molecule has 2 aromatic carbocycles. The molecular weight excluding hydrogens is 334 g/mol. The Balaban J connectivity index is 1.61. The normalized spacial score (nSPS) is 10.7. The van der Waals surface area contributed by atoms with Gasteiger partial charge in [-0.15, -0.1) is 0 Å². The largest absolute Gasteiger partial charge is 0.497 e. The van der Waals surface area contributed by atoms with Crippen LogP contribution in [-0.2, 0) is 13.0 Å². The summed E-state index contributed by atoms with van der Waals surface area (Å²) in [5.74, 6) is 1.59. The molecule has 0 spiro atoms. The quantitative estimate of drug-likeness (QED) is 0.473. The molecule has 0 fully saturated rings. The van der Waals surface area contributed by atoms with Gasteiger partial charge in [-0.2, -0.15) is 0 Å². The van der Waals surface area contributed by atoms with Gasteiger partial charge in [0.2, 0.25) is 5.69 Å². The van der Waals surface area contributed by atoms with Crippen molar-refractivity contribution in [2.24, 2.45) is 0 Å². The monoisotopic (exact) mass is 356 g/mol. The summed E-state index contributed by atoms with van der Waals surface area (Å²) in [5.41, 5.74) is 2.11. The Morgan fingerprint density at radius 3 is 2.23 bits per heavy atom. The highest BCUT2D eigenvalue weighted by atomic mass is 16.5. The second kappa shape index (κ2) is 8.35. The van der Waals surface area contributed by atoms with E-state index >= 15 is 0 Å². The Kier molecular flexibility index (Phi) is 5.70. The molecule has 3 aromatic rings. The van der Waals surface area contributed by atoms with Crippen LogP contribution in [0.4, 0.5) is 0 Å². The lowest BCUT2D eigenvalue weighted by molar-refractivity contribution is -0.677. The van der Waals surface area contributed by atoms with E-state index in [9.17, 15) is 4.79 Å². The summed E-state index contributed by atoms with van der Waals surface area (Å²) in [4.78, 5) is 12.0. The van der Waals surface area contributed by atoms with Crippen LogP contribution in [0.5, 0.6) is 11.5 Å². The summed E-state index contributed by atoms with van der Waals surface area (Å²) in [6.45, 7) is 1.13. The van der Waals surface area contributed by atoms with Crippen molar-refractivity contribution in [3.05, 3.63) is 70.2 Å². The van der Waals surface area contributed by atoms with Gasteiger partial charge in [-0.3, -0.25) is 4.52 Å². The molecule has 0 saturated heterocycles. The summed E-state index contributed by atoms with van der Waals surface area (Å²) < 4.78 is 16.9. The van der Waals surface area contributed by atoms with Gasteiger partial charge in [0, 0.05) is 12.1 Å². The molecule has 0 aliphatic carbocycles. The first-order valence-corrected chi connectivity index (χ1v) is 8.31. The van der Waals surface area contributed by atoms with Crippen LogP contribution in [0, 0.1) is 0 Å². The van der Waals surface area contributed by atoms with Crippen molar-refractivity contribution in [1.82, 2.24) is 10.6 Å². The highest BCUT2D eigenvalue weighted by Crippen LogP contribution is 2.12. The van der Waals surface area contributed by atoms with E-state index < -0.39 is 5.63 Å². The third-order valence-corrected chi connectivity index (χ3v) is 4.11. The van der Waals surface area contributed by atoms with Crippen LogP contribution >= 0.6 is 0 Å². The molecule has 0 saturated carbocycles.